The third-order valence-electron chi connectivity index (χ3n) is 2.53. The van der Waals surface area contributed by atoms with Crippen molar-refractivity contribution in [3.05, 3.63) is 12.2 Å². The molecular formula is C11H20. The molecule has 0 nitrogen and oxygen atoms in total. The van der Waals surface area contributed by atoms with Gasteiger partial charge in [0.05, 0.1) is 0 Å². The van der Waals surface area contributed by atoms with Gasteiger partial charge in [-0.15, -0.1) is 0 Å². The smallest absolute Gasteiger partial charge is 0.0234 e. The molecule has 0 heteroatoms. The first kappa shape index (κ1) is 8.83. The molecule has 0 fully saturated rings. The molecule has 0 saturated heterocycles. The Hall–Kier alpha value is -0.260. The van der Waals surface area contributed by atoms with Gasteiger partial charge >= 0.3 is 0 Å². The van der Waals surface area contributed by atoms with Crippen molar-refractivity contribution < 1.29 is 0 Å². The molecular weight excluding hydrogens is 132 g/mol. The number of rotatable bonds is 3. The van der Waals surface area contributed by atoms with Gasteiger partial charge in [0.25, 0.3) is 0 Å². The van der Waals surface area contributed by atoms with Gasteiger partial charge in [-0.3, -0.25) is 0 Å². The predicted octanol–water partition coefficient (Wildman–Crippen LogP) is 3.92. The Kier molecular flexibility index (Phi) is 4.33. The highest BCUT2D eigenvalue weighted by Crippen LogP contribution is 2.21. The Morgan fingerprint density at radius 1 is 1.36 bits per heavy atom. The molecule has 0 bridgehead atoms. The van der Waals surface area contributed by atoms with Crippen LogP contribution in [0.15, 0.2) is 12.2 Å². The van der Waals surface area contributed by atoms with Crippen LogP contribution >= 0.6 is 0 Å². The fourth-order valence-electron chi connectivity index (χ4n) is 1.76. The van der Waals surface area contributed by atoms with E-state index in [2.05, 4.69) is 19.1 Å². The van der Waals surface area contributed by atoms with Crippen LogP contribution < -0.4 is 0 Å². The van der Waals surface area contributed by atoms with Crippen molar-refractivity contribution in [1.29, 1.82) is 0 Å². The van der Waals surface area contributed by atoms with E-state index in [1.165, 1.54) is 44.9 Å². The van der Waals surface area contributed by atoms with Crippen molar-refractivity contribution in [3.8, 4) is 0 Å². The summed E-state index contributed by atoms with van der Waals surface area (Å²) in [7, 11) is 0. The van der Waals surface area contributed by atoms with E-state index in [1.807, 2.05) is 0 Å². The highest BCUT2D eigenvalue weighted by molar-refractivity contribution is 4.90. The van der Waals surface area contributed by atoms with Crippen molar-refractivity contribution in [2.45, 2.75) is 51.9 Å². The lowest BCUT2D eigenvalue weighted by atomic mass is 9.97. The molecule has 1 rings (SSSR count). The molecule has 0 aromatic carbocycles. The first-order chi connectivity index (χ1) is 5.43. The lowest BCUT2D eigenvalue weighted by Gasteiger charge is -2.08. The van der Waals surface area contributed by atoms with Crippen molar-refractivity contribution in [2.24, 2.45) is 5.92 Å². The van der Waals surface area contributed by atoms with Crippen LogP contribution in [0.3, 0.4) is 0 Å². The second-order valence-corrected chi connectivity index (χ2v) is 3.61. The minimum Gasteiger partial charge on any atom is -0.0883 e. The van der Waals surface area contributed by atoms with Crippen molar-refractivity contribution in [1.82, 2.24) is 0 Å². The molecule has 1 aliphatic rings. The first-order valence-electron chi connectivity index (χ1n) is 5.10. The van der Waals surface area contributed by atoms with Crippen LogP contribution in [0.2, 0.25) is 0 Å². The molecule has 0 heterocycles. The predicted molar refractivity (Wildman–Crippen MR) is 50.6 cm³/mol. The first-order valence-corrected chi connectivity index (χ1v) is 5.10. The number of unbranched alkanes of at least 4 members (excludes halogenated alkanes) is 1. The standard InChI is InChI=1S/C11H20/c1-2-3-8-11-9-6-4-5-7-10-11/h6,9,11H,2-5,7-8,10H2,1H3. The maximum Gasteiger partial charge on any atom is -0.0234 e. The Bertz CT molecular complexity index is 113. The molecule has 1 aliphatic carbocycles. The van der Waals surface area contributed by atoms with Gasteiger partial charge in [0.1, 0.15) is 0 Å². The Labute approximate surface area is 70.7 Å². The average Bonchev–Trinajstić information content (AvgIpc) is 2.28. The second-order valence-electron chi connectivity index (χ2n) is 3.61. The molecule has 1 atom stereocenters. The Morgan fingerprint density at radius 3 is 3.09 bits per heavy atom. The van der Waals surface area contributed by atoms with Crippen LogP contribution in [0.25, 0.3) is 0 Å². The molecule has 11 heavy (non-hydrogen) atoms. The lowest BCUT2D eigenvalue weighted by Crippen LogP contribution is -1.94. The zero-order chi connectivity index (χ0) is 7.94. The van der Waals surface area contributed by atoms with Crippen LogP contribution in [-0.2, 0) is 0 Å². The number of hydrogen-bond donors (Lipinski definition) is 0. The molecule has 0 spiro atoms. The Balaban J connectivity index is 2.19. The van der Waals surface area contributed by atoms with E-state index >= 15 is 0 Å². The largest absolute Gasteiger partial charge is 0.0883 e. The maximum atomic E-state index is 2.45. The summed E-state index contributed by atoms with van der Waals surface area (Å²) in [6.07, 6.45) is 14.6. The summed E-state index contributed by atoms with van der Waals surface area (Å²) in [5, 5.41) is 0. The minimum atomic E-state index is 0.914. The fourth-order valence-corrected chi connectivity index (χ4v) is 1.76. The van der Waals surface area contributed by atoms with E-state index in [0.29, 0.717) is 0 Å². The molecule has 0 aromatic rings. The third-order valence-corrected chi connectivity index (χ3v) is 2.53. The number of allylic oxidation sites excluding steroid dienone is 2. The lowest BCUT2D eigenvalue weighted by molar-refractivity contribution is 0.503. The van der Waals surface area contributed by atoms with E-state index in [-0.39, 0.29) is 0 Å². The molecule has 0 aromatic heterocycles. The van der Waals surface area contributed by atoms with Crippen LogP contribution in [0.4, 0.5) is 0 Å². The summed E-state index contributed by atoms with van der Waals surface area (Å²) in [6.45, 7) is 2.28. The minimum absolute atomic E-state index is 0.914. The Morgan fingerprint density at radius 2 is 2.27 bits per heavy atom. The van der Waals surface area contributed by atoms with Crippen LogP contribution in [0.5, 0.6) is 0 Å². The summed E-state index contributed by atoms with van der Waals surface area (Å²) in [5.74, 6) is 0.914. The summed E-state index contributed by atoms with van der Waals surface area (Å²) in [4.78, 5) is 0. The molecule has 0 aliphatic heterocycles. The van der Waals surface area contributed by atoms with Gasteiger partial charge in [-0.2, -0.15) is 0 Å². The van der Waals surface area contributed by atoms with E-state index in [0.717, 1.165) is 5.92 Å². The van der Waals surface area contributed by atoms with Gasteiger partial charge in [0, 0.05) is 0 Å². The van der Waals surface area contributed by atoms with Gasteiger partial charge in [-0.05, 0) is 31.6 Å². The van der Waals surface area contributed by atoms with Gasteiger partial charge in [0.2, 0.25) is 0 Å². The van der Waals surface area contributed by atoms with Crippen LogP contribution in [-0.4, -0.2) is 0 Å². The second kappa shape index (κ2) is 5.40. The summed E-state index contributed by atoms with van der Waals surface area (Å²) in [6, 6.07) is 0. The molecule has 0 saturated carbocycles. The quantitative estimate of drug-likeness (QED) is 0.538. The van der Waals surface area contributed by atoms with Crippen molar-refractivity contribution >= 4 is 0 Å². The van der Waals surface area contributed by atoms with Crippen molar-refractivity contribution in [3.63, 3.8) is 0 Å². The van der Waals surface area contributed by atoms with Gasteiger partial charge < -0.3 is 0 Å². The van der Waals surface area contributed by atoms with Gasteiger partial charge in [-0.1, -0.05) is 38.3 Å². The monoisotopic (exact) mass is 152 g/mol. The summed E-state index contributed by atoms with van der Waals surface area (Å²) >= 11 is 0. The zero-order valence-electron chi connectivity index (χ0n) is 7.68. The zero-order valence-corrected chi connectivity index (χ0v) is 7.68. The summed E-state index contributed by atoms with van der Waals surface area (Å²) in [5.41, 5.74) is 0. The van der Waals surface area contributed by atoms with Crippen LogP contribution in [0.1, 0.15) is 51.9 Å². The number of hydrogen-bond acceptors (Lipinski definition) is 0. The maximum absolute atomic E-state index is 2.45. The van der Waals surface area contributed by atoms with Crippen LogP contribution in [0, 0.1) is 5.92 Å². The molecule has 0 N–H and O–H groups in total. The third kappa shape index (κ3) is 3.60. The van der Waals surface area contributed by atoms with Crippen molar-refractivity contribution in [2.75, 3.05) is 0 Å². The molecule has 0 radical (unpaired) electrons. The molecule has 1 unspecified atom stereocenters. The fraction of sp³-hybridized carbons (Fsp3) is 0.818. The van der Waals surface area contributed by atoms with Gasteiger partial charge in [0.15, 0.2) is 0 Å². The average molecular weight is 152 g/mol. The SMILES string of the molecule is CCCCC1C=CCCCC1. The topological polar surface area (TPSA) is 0 Å². The molecule has 64 valence electrons. The van der Waals surface area contributed by atoms with E-state index in [1.54, 1.807) is 0 Å². The molecule has 0 amide bonds. The normalized spacial score (nSPS) is 25.0. The highest BCUT2D eigenvalue weighted by atomic mass is 14.1. The van der Waals surface area contributed by atoms with E-state index < -0.39 is 0 Å². The highest BCUT2D eigenvalue weighted by Gasteiger charge is 2.05. The van der Waals surface area contributed by atoms with E-state index in [4.69, 9.17) is 0 Å². The van der Waals surface area contributed by atoms with E-state index in [9.17, 15) is 0 Å². The summed E-state index contributed by atoms with van der Waals surface area (Å²) < 4.78 is 0. The van der Waals surface area contributed by atoms with Gasteiger partial charge in [-0.25, -0.2) is 0 Å².